The molecular weight excluding hydrogens is 228 g/mol. The van der Waals surface area contributed by atoms with Gasteiger partial charge in [0.25, 0.3) is 0 Å². The number of amides is 1. The zero-order chi connectivity index (χ0) is 13.6. The zero-order valence-electron chi connectivity index (χ0n) is 11.5. The fourth-order valence-electron chi connectivity index (χ4n) is 2.26. The lowest BCUT2D eigenvalue weighted by Gasteiger charge is -2.26. The number of hydrogen-bond acceptors (Lipinski definition) is 3. The molecule has 0 radical (unpaired) electrons. The van der Waals surface area contributed by atoms with E-state index in [1.807, 2.05) is 32.9 Å². The summed E-state index contributed by atoms with van der Waals surface area (Å²) in [5.41, 5.74) is -0.540. The van der Waals surface area contributed by atoms with Crippen molar-refractivity contribution in [2.45, 2.75) is 52.1 Å². The molecule has 4 heteroatoms. The predicted octanol–water partition coefficient (Wildman–Crippen LogP) is 3.15. The van der Waals surface area contributed by atoms with Crippen LogP contribution in [0.15, 0.2) is 12.2 Å². The van der Waals surface area contributed by atoms with Gasteiger partial charge in [0.05, 0.1) is 6.07 Å². The van der Waals surface area contributed by atoms with Gasteiger partial charge < -0.3 is 10.1 Å². The molecule has 4 nitrogen and oxygen atoms in total. The summed E-state index contributed by atoms with van der Waals surface area (Å²) in [6.07, 6.45) is 7.37. The summed E-state index contributed by atoms with van der Waals surface area (Å²) in [7, 11) is 0. The van der Waals surface area contributed by atoms with E-state index < -0.39 is 5.60 Å². The number of carbonyl (C=O) groups is 1. The van der Waals surface area contributed by atoms with Gasteiger partial charge in [-0.15, -0.1) is 0 Å². The van der Waals surface area contributed by atoms with Gasteiger partial charge in [-0.1, -0.05) is 18.9 Å². The Morgan fingerprint density at radius 1 is 1.44 bits per heavy atom. The first kappa shape index (κ1) is 14.6. The third-order valence-corrected chi connectivity index (χ3v) is 3.09. The largest absolute Gasteiger partial charge is 0.444 e. The van der Waals surface area contributed by atoms with Crippen LogP contribution in [0.5, 0.6) is 0 Å². The van der Waals surface area contributed by atoms with E-state index in [0.717, 1.165) is 25.7 Å². The molecule has 1 aliphatic carbocycles. The van der Waals surface area contributed by atoms with Crippen LogP contribution in [0.3, 0.4) is 0 Å². The molecular formula is C14H22N2O2. The average Bonchev–Trinajstić information content (AvgIpc) is 2.71. The molecule has 1 saturated carbocycles. The molecule has 0 spiro atoms. The van der Waals surface area contributed by atoms with Crippen LogP contribution in [0.4, 0.5) is 4.79 Å². The monoisotopic (exact) mass is 250 g/mol. The summed E-state index contributed by atoms with van der Waals surface area (Å²) < 4.78 is 5.21. The molecule has 1 N–H and O–H groups in total. The molecule has 0 aliphatic heterocycles. The molecule has 1 aliphatic rings. The zero-order valence-corrected chi connectivity index (χ0v) is 11.5. The molecule has 0 aromatic rings. The van der Waals surface area contributed by atoms with Crippen molar-refractivity contribution in [1.29, 1.82) is 5.26 Å². The highest BCUT2D eigenvalue weighted by Crippen LogP contribution is 2.38. The highest BCUT2D eigenvalue weighted by Gasteiger charge is 2.32. The van der Waals surface area contributed by atoms with Gasteiger partial charge in [0, 0.05) is 18.0 Å². The van der Waals surface area contributed by atoms with Crippen LogP contribution in [0.1, 0.15) is 46.5 Å². The fraction of sp³-hybridized carbons (Fsp3) is 0.714. The van der Waals surface area contributed by atoms with Crippen molar-refractivity contribution < 1.29 is 9.53 Å². The maximum absolute atomic E-state index is 11.6. The van der Waals surface area contributed by atoms with Crippen LogP contribution in [0, 0.1) is 16.7 Å². The van der Waals surface area contributed by atoms with Gasteiger partial charge in [0.1, 0.15) is 5.60 Å². The summed E-state index contributed by atoms with van der Waals surface area (Å²) in [5, 5.41) is 11.4. The molecule has 0 aromatic heterocycles. The van der Waals surface area contributed by atoms with Gasteiger partial charge >= 0.3 is 6.09 Å². The Hall–Kier alpha value is -1.50. The molecule has 0 heterocycles. The molecule has 0 saturated heterocycles. The fourth-order valence-corrected chi connectivity index (χ4v) is 2.26. The Kier molecular flexibility index (Phi) is 4.77. The number of hydrogen-bond donors (Lipinski definition) is 1. The van der Waals surface area contributed by atoms with Crippen LogP contribution in [0.2, 0.25) is 0 Å². The Bertz CT molecular complexity index is 355. The number of allylic oxidation sites excluding steroid dienone is 1. The van der Waals surface area contributed by atoms with Crippen molar-refractivity contribution in [3.05, 3.63) is 12.2 Å². The molecule has 1 rings (SSSR count). The topological polar surface area (TPSA) is 62.1 Å². The normalized spacial score (nSPS) is 18.6. The molecule has 0 unspecified atom stereocenters. The van der Waals surface area contributed by atoms with E-state index >= 15 is 0 Å². The molecule has 1 fully saturated rings. The number of carbonyl (C=O) groups excluding carboxylic acids is 1. The minimum Gasteiger partial charge on any atom is -0.444 e. The average molecular weight is 250 g/mol. The van der Waals surface area contributed by atoms with E-state index in [-0.39, 0.29) is 11.5 Å². The second kappa shape index (κ2) is 5.90. The quantitative estimate of drug-likeness (QED) is 0.783. The van der Waals surface area contributed by atoms with E-state index in [1.165, 1.54) is 6.08 Å². The number of alkyl carbamates (subject to hydrolysis) is 1. The van der Waals surface area contributed by atoms with Crippen molar-refractivity contribution in [2.75, 3.05) is 6.54 Å². The first-order valence-corrected chi connectivity index (χ1v) is 6.41. The first-order valence-electron chi connectivity index (χ1n) is 6.41. The summed E-state index contributed by atoms with van der Waals surface area (Å²) in [6, 6.07) is 2.02. The second-order valence-electron chi connectivity index (χ2n) is 5.89. The lowest BCUT2D eigenvalue weighted by atomic mass is 9.86. The smallest absolute Gasteiger partial charge is 0.407 e. The Balaban J connectivity index is 2.51. The van der Waals surface area contributed by atoms with Crippen LogP contribution in [-0.4, -0.2) is 18.2 Å². The van der Waals surface area contributed by atoms with Crippen molar-refractivity contribution in [3.8, 4) is 6.07 Å². The van der Waals surface area contributed by atoms with E-state index in [0.29, 0.717) is 6.54 Å². The lowest BCUT2D eigenvalue weighted by Crippen LogP contribution is -2.38. The van der Waals surface area contributed by atoms with Gasteiger partial charge in [0.15, 0.2) is 0 Å². The van der Waals surface area contributed by atoms with Crippen LogP contribution >= 0.6 is 0 Å². The number of nitrogens with zero attached hydrogens (tertiary/aromatic N) is 1. The SMILES string of the molecule is CC(C)(C)OC(=O)NCC1(/C=C\C#N)CCCC1. The number of nitrogens with one attached hydrogen (secondary N) is 1. The Morgan fingerprint density at radius 2 is 2.06 bits per heavy atom. The molecule has 0 aromatic carbocycles. The summed E-state index contributed by atoms with van der Waals surface area (Å²) in [4.78, 5) is 11.6. The van der Waals surface area contributed by atoms with Crippen molar-refractivity contribution in [3.63, 3.8) is 0 Å². The van der Waals surface area contributed by atoms with Crippen molar-refractivity contribution in [1.82, 2.24) is 5.32 Å². The maximum Gasteiger partial charge on any atom is 0.407 e. The van der Waals surface area contributed by atoms with E-state index in [1.54, 1.807) is 0 Å². The molecule has 18 heavy (non-hydrogen) atoms. The molecule has 0 bridgehead atoms. The number of rotatable bonds is 3. The van der Waals surface area contributed by atoms with Crippen LogP contribution in [-0.2, 0) is 4.74 Å². The summed E-state index contributed by atoms with van der Waals surface area (Å²) in [5.74, 6) is 0. The van der Waals surface area contributed by atoms with E-state index in [4.69, 9.17) is 10.00 Å². The summed E-state index contributed by atoms with van der Waals surface area (Å²) >= 11 is 0. The minimum absolute atomic E-state index is 0.0629. The maximum atomic E-state index is 11.6. The molecule has 100 valence electrons. The van der Waals surface area contributed by atoms with Gasteiger partial charge in [-0.2, -0.15) is 5.26 Å². The lowest BCUT2D eigenvalue weighted by molar-refractivity contribution is 0.0510. The van der Waals surface area contributed by atoms with E-state index in [2.05, 4.69) is 5.32 Å². The van der Waals surface area contributed by atoms with Crippen LogP contribution < -0.4 is 5.32 Å². The van der Waals surface area contributed by atoms with Crippen LogP contribution in [0.25, 0.3) is 0 Å². The number of nitriles is 1. The predicted molar refractivity (Wildman–Crippen MR) is 69.9 cm³/mol. The Morgan fingerprint density at radius 3 is 2.56 bits per heavy atom. The van der Waals surface area contributed by atoms with Gasteiger partial charge in [0.2, 0.25) is 0 Å². The highest BCUT2D eigenvalue weighted by atomic mass is 16.6. The molecule has 0 atom stereocenters. The highest BCUT2D eigenvalue weighted by molar-refractivity contribution is 5.67. The van der Waals surface area contributed by atoms with Crippen molar-refractivity contribution >= 4 is 6.09 Å². The molecule has 1 amide bonds. The van der Waals surface area contributed by atoms with Crippen molar-refractivity contribution in [2.24, 2.45) is 5.41 Å². The minimum atomic E-state index is -0.477. The van der Waals surface area contributed by atoms with Gasteiger partial charge in [-0.05, 0) is 33.6 Å². The number of ether oxygens (including phenoxy) is 1. The summed E-state index contributed by atoms with van der Waals surface area (Å²) in [6.45, 7) is 6.06. The van der Waals surface area contributed by atoms with E-state index in [9.17, 15) is 4.79 Å². The van der Waals surface area contributed by atoms with Gasteiger partial charge in [-0.25, -0.2) is 4.79 Å². The third kappa shape index (κ3) is 4.79. The standard InChI is InChI=1S/C14H22N2O2/c1-13(2,3)18-12(17)16-11-14(9-6-10-15)7-4-5-8-14/h6,9H,4-5,7-8,11H2,1-3H3,(H,16,17)/b9-6-. The second-order valence-corrected chi connectivity index (χ2v) is 5.89. The van der Waals surface area contributed by atoms with Gasteiger partial charge in [-0.3, -0.25) is 0 Å². The third-order valence-electron chi connectivity index (χ3n) is 3.09. The first-order chi connectivity index (χ1) is 8.37. The Labute approximate surface area is 109 Å².